The van der Waals surface area contributed by atoms with Crippen LogP contribution in [0.25, 0.3) is 10.9 Å². The number of rotatable bonds is 2. The van der Waals surface area contributed by atoms with Gasteiger partial charge in [-0.1, -0.05) is 41.7 Å². The van der Waals surface area contributed by atoms with Crippen LogP contribution < -0.4 is 5.32 Å². The standard InChI is InChI=1S/C21H18N2O/c1-15-10-11-20-18(13-15)14-19(16(2)23-20)21(24)22-12-6-9-17-7-4-3-5-8-17/h3-5,7-8,10-11,13-14H,12H2,1-2H3,(H,22,24). The van der Waals surface area contributed by atoms with Crippen molar-refractivity contribution < 1.29 is 4.79 Å². The van der Waals surface area contributed by atoms with Gasteiger partial charge in [-0.2, -0.15) is 0 Å². The molecule has 3 heteroatoms. The molecule has 0 fully saturated rings. The molecule has 118 valence electrons. The molecule has 1 aromatic heterocycles. The molecule has 0 saturated carbocycles. The van der Waals surface area contributed by atoms with Gasteiger partial charge in [0, 0.05) is 10.9 Å². The average molecular weight is 314 g/mol. The Bertz CT molecular complexity index is 950. The van der Waals surface area contributed by atoms with Crippen LogP contribution in [0.3, 0.4) is 0 Å². The van der Waals surface area contributed by atoms with E-state index in [1.54, 1.807) is 0 Å². The zero-order chi connectivity index (χ0) is 16.9. The molecular formula is C21H18N2O. The molecule has 0 radical (unpaired) electrons. The first kappa shape index (κ1) is 15.8. The van der Waals surface area contributed by atoms with E-state index < -0.39 is 0 Å². The number of hydrogen-bond acceptors (Lipinski definition) is 2. The predicted octanol–water partition coefficient (Wildman–Crippen LogP) is 3.63. The number of pyridine rings is 1. The summed E-state index contributed by atoms with van der Waals surface area (Å²) >= 11 is 0. The molecule has 1 heterocycles. The number of aromatic nitrogens is 1. The largest absolute Gasteiger partial charge is 0.341 e. The second-order valence-electron chi connectivity index (χ2n) is 5.67. The molecule has 24 heavy (non-hydrogen) atoms. The molecule has 0 unspecified atom stereocenters. The van der Waals surface area contributed by atoms with Crippen molar-refractivity contribution in [2.24, 2.45) is 0 Å². The summed E-state index contributed by atoms with van der Waals surface area (Å²) in [6, 6.07) is 17.6. The van der Waals surface area contributed by atoms with Gasteiger partial charge in [-0.05, 0) is 44.2 Å². The number of nitrogens with zero attached hydrogens (tertiary/aromatic N) is 1. The Morgan fingerprint density at radius 1 is 1.08 bits per heavy atom. The van der Waals surface area contributed by atoms with E-state index in [1.165, 1.54) is 0 Å². The molecule has 1 N–H and O–H groups in total. The molecule has 3 nitrogen and oxygen atoms in total. The van der Waals surface area contributed by atoms with Crippen LogP contribution in [0.15, 0.2) is 54.6 Å². The van der Waals surface area contributed by atoms with Crippen LogP contribution in [-0.2, 0) is 0 Å². The molecule has 0 spiro atoms. The van der Waals surface area contributed by atoms with Crippen LogP contribution in [0, 0.1) is 25.7 Å². The summed E-state index contributed by atoms with van der Waals surface area (Å²) in [6.45, 7) is 4.18. The number of nitrogens with one attached hydrogen (secondary N) is 1. The average Bonchev–Trinajstić information content (AvgIpc) is 2.59. The highest BCUT2D eigenvalue weighted by atomic mass is 16.1. The van der Waals surface area contributed by atoms with E-state index in [9.17, 15) is 4.79 Å². The zero-order valence-corrected chi connectivity index (χ0v) is 13.8. The van der Waals surface area contributed by atoms with Gasteiger partial charge < -0.3 is 5.32 Å². The van der Waals surface area contributed by atoms with E-state index in [1.807, 2.05) is 68.4 Å². The summed E-state index contributed by atoms with van der Waals surface area (Å²) in [5.41, 5.74) is 4.30. The molecule has 3 rings (SSSR count). The number of carbonyl (C=O) groups is 1. The monoisotopic (exact) mass is 314 g/mol. The quantitative estimate of drug-likeness (QED) is 0.734. The molecule has 0 aliphatic heterocycles. The highest BCUT2D eigenvalue weighted by Crippen LogP contribution is 2.18. The maximum absolute atomic E-state index is 12.4. The minimum atomic E-state index is -0.147. The summed E-state index contributed by atoms with van der Waals surface area (Å²) in [5.74, 6) is 5.84. The lowest BCUT2D eigenvalue weighted by molar-refractivity contribution is 0.0958. The van der Waals surface area contributed by atoms with Gasteiger partial charge in [0.15, 0.2) is 0 Å². The van der Waals surface area contributed by atoms with E-state index in [0.29, 0.717) is 12.1 Å². The van der Waals surface area contributed by atoms with Crippen molar-refractivity contribution >= 4 is 16.8 Å². The second-order valence-corrected chi connectivity index (χ2v) is 5.67. The number of aryl methyl sites for hydroxylation is 2. The Labute approximate surface area is 141 Å². The van der Waals surface area contributed by atoms with E-state index in [0.717, 1.165) is 27.7 Å². The maximum atomic E-state index is 12.4. The number of amides is 1. The normalized spacial score (nSPS) is 10.1. The Hall–Kier alpha value is -3.12. The Morgan fingerprint density at radius 2 is 1.88 bits per heavy atom. The summed E-state index contributed by atoms with van der Waals surface area (Å²) < 4.78 is 0. The first-order valence-corrected chi connectivity index (χ1v) is 7.83. The van der Waals surface area contributed by atoms with Crippen molar-refractivity contribution in [2.45, 2.75) is 13.8 Å². The molecular weight excluding hydrogens is 296 g/mol. The van der Waals surface area contributed by atoms with Gasteiger partial charge in [0.2, 0.25) is 0 Å². The van der Waals surface area contributed by atoms with E-state index in [2.05, 4.69) is 22.1 Å². The smallest absolute Gasteiger partial charge is 0.253 e. The van der Waals surface area contributed by atoms with E-state index >= 15 is 0 Å². The van der Waals surface area contributed by atoms with Crippen LogP contribution >= 0.6 is 0 Å². The first-order chi connectivity index (χ1) is 11.6. The molecule has 0 aliphatic carbocycles. The fraction of sp³-hybridized carbons (Fsp3) is 0.143. The number of benzene rings is 2. The molecule has 0 atom stereocenters. The Kier molecular flexibility index (Phi) is 4.58. The van der Waals surface area contributed by atoms with Crippen molar-refractivity contribution in [1.82, 2.24) is 10.3 Å². The topological polar surface area (TPSA) is 42.0 Å². The molecule has 0 saturated heterocycles. The van der Waals surface area contributed by atoms with Gasteiger partial charge in [0.05, 0.1) is 23.3 Å². The van der Waals surface area contributed by atoms with Gasteiger partial charge in [0.25, 0.3) is 5.91 Å². The van der Waals surface area contributed by atoms with Gasteiger partial charge in [-0.3, -0.25) is 9.78 Å². The lowest BCUT2D eigenvalue weighted by atomic mass is 10.1. The maximum Gasteiger partial charge on any atom is 0.253 e. The SMILES string of the molecule is Cc1ccc2nc(C)c(C(=O)NCC#Cc3ccccc3)cc2c1. The predicted molar refractivity (Wildman–Crippen MR) is 96.9 cm³/mol. The molecule has 1 amide bonds. The van der Waals surface area contributed by atoms with Gasteiger partial charge >= 0.3 is 0 Å². The van der Waals surface area contributed by atoms with Crippen LogP contribution in [0.4, 0.5) is 0 Å². The first-order valence-electron chi connectivity index (χ1n) is 7.83. The minimum absolute atomic E-state index is 0.147. The third kappa shape index (κ3) is 3.61. The third-order valence-corrected chi connectivity index (χ3v) is 3.75. The second kappa shape index (κ2) is 6.97. The lowest BCUT2D eigenvalue weighted by Crippen LogP contribution is -2.24. The van der Waals surface area contributed by atoms with Gasteiger partial charge in [0.1, 0.15) is 0 Å². The summed E-state index contributed by atoms with van der Waals surface area (Å²) in [6.07, 6.45) is 0. The summed E-state index contributed by atoms with van der Waals surface area (Å²) in [7, 11) is 0. The highest BCUT2D eigenvalue weighted by Gasteiger charge is 2.10. The molecule has 0 bridgehead atoms. The van der Waals surface area contributed by atoms with Crippen molar-refractivity contribution in [3.63, 3.8) is 0 Å². The number of hydrogen-bond donors (Lipinski definition) is 1. The summed E-state index contributed by atoms with van der Waals surface area (Å²) in [4.78, 5) is 16.9. The van der Waals surface area contributed by atoms with Crippen LogP contribution in [0.2, 0.25) is 0 Å². The zero-order valence-electron chi connectivity index (χ0n) is 13.8. The lowest BCUT2D eigenvalue weighted by Gasteiger charge is -2.07. The Morgan fingerprint density at radius 3 is 2.67 bits per heavy atom. The molecule has 0 aliphatic rings. The van der Waals surface area contributed by atoms with Crippen molar-refractivity contribution in [2.75, 3.05) is 6.54 Å². The van der Waals surface area contributed by atoms with Crippen molar-refractivity contribution in [3.8, 4) is 11.8 Å². The van der Waals surface area contributed by atoms with Crippen LogP contribution in [0.1, 0.15) is 27.2 Å². The van der Waals surface area contributed by atoms with Crippen LogP contribution in [0.5, 0.6) is 0 Å². The van der Waals surface area contributed by atoms with E-state index in [-0.39, 0.29) is 5.91 Å². The number of fused-ring (bicyclic) bond motifs is 1. The van der Waals surface area contributed by atoms with Gasteiger partial charge in [-0.25, -0.2) is 0 Å². The van der Waals surface area contributed by atoms with E-state index in [4.69, 9.17) is 0 Å². The van der Waals surface area contributed by atoms with Crippen molar-refractivity contribution in [1.29, 1.82) is 0 Å². The van der Waals surface area contributed by atoms with Crippen molar-refractivity contribution in [3.05, 3.63) is 77.0 Å². The van der Waals surface area contributed by atoms with Gasteiger partial charge in [-0.15, -0.1) is 0 Å². The third-order valence-electron chi connectivity index (χ3n) is 3.75. The molecule has 3 aromatic rings. The van der Waals surface area contributed by atoms with Crippen LogP contribution in [-0.4, -0.2) is 17.4 Å². The highest BCUT2D eigenvalue weighted by molar-refractivity contribution is 5.98. The fourth-order valence-electron chi connectivity index (χ4n) is 2.51. The summed E-state index contributed by atoms with van der Waals surface area (Å²) in [5, 5.41) is 3.81. The minimum Gasteiger partial charge on any atom is -0.341 e. The number of carbonyl (C=O) groups excluding carboxylic acids is 1. The molecule has 2 aromatic carbocycles. The fourth-order valence-corrected chi connectivity index (χ4v) is 2.51. The Balaban J connectivity index is 1.74.